The third kappa shape index (κ3) is 4.64. The van der Waals surface area contributed by atoms with E-state index in [0.29, 0.717) is 53.8 Å². The minimum atomic E-state index is -0.0940. The van der Waals surface area contributed by atoms with Crippen molar-refractivity contribution in [3.63, 3.8) is 0 Å². The number of piperidine rings is 1. The molecule has 1 N–H and O–H groups in total. The number of thiophene rings is 1. The SMILES string of the molecule is N#Cc1ccsc1NC(=O)CCN1CCC(C(=O)c2ccc3c(c2)OCCO3)CC1. The molecule has 2 aromatic rings. The lowest BCUT2D eigenvalue weighted by Gasteiger charge is -2.31. The summed E-state index contributed by atoms with van der Waals surface area (Å²) >= 11 is 1.35. The van der Waals surface area contributed by atoms with E-state index in [0.717, 1.165) is 25.9 Å². The fourth-order valence-corrected chi connectivity index (χ4v) is 4.55. The largest absolute Gasteiger partial charge is 0.486 e. The van der Waals surface area contributed by atoms with Gasteiger partial charge in [0.15, 0.2) is 17.3 Å². The monoisotopic (exact) mass is 425 g/mol. The number of nitrogens with one attached hydrogen (secondary N) is 1. The molecule has 0 aliphatic carbocycles. The van der Waals surface area contributed by atoms with Gasteiger partial charge in [-0.05, 0) is 55.6 Å². The van der Waals surface area contributed by atoms with Crippen LogP contribution < -0.4 is 14.8 Å². The van der Waals surface area contributed by atoms with Gasteiger partial charge >= 0.3 is 0 Å². The Morgan fingerprint density at radius 2 is 1.93 bits per heavy atom. The van der Waals surface area contributed by atoms with Gasteiger partial charge in [0.05, 0.1) is 5.56 Å². The number of likely N-dealkylation sites (tertiary alicyclic amines) is 1. The van der Waals surface area contributed by atoms with Crippen molar-refractivity contribution in [2.45, 2.75) is 19.3 Å². The van der Waals surface area contributed by atoms with E-state index in [4.69, 9.17) is 14.7 Å². The Labute approximate surface area is 179 Å². The van der Waals surface area contributed by atoms with Crippen LogP contribution in [-0.2, 0) is 4.79 Å². The van der Waals surface area contributed by atoms with E-state index in [2.05, 4.69) is 16.3 Å². The Balaban J connectivity index is 1.24. The molecule has 7 nitrogen and oxygen atoms in total. The molecule has 1 amide bonds. The number of ether oxygens (including phenoxy) is 2. The first-order valence-corrected chi connectivity index (χ1v) is 11.0. The summed E-state index contributed by atoms with van der Waals surface area (Å²) < 4.78 is 11.1. The van der Waals surface area contributed by atoms with E-state index in [1.165, 1.54) is 11.3 Å². The second-order valence-corrected chi connectivity index (χ2v) is 8.33. The summed E-state index contributed by atoms with van der Waals surface area (Å²) in [5, 5.41) is 14.2. The second-order valence-electron chi connectivity index (χ2n) is 7.41. The normalized spacial score (nSPS) is 16.6. The van der Waals surface area contributed by atoms with Crippen molar-refractivity contribution in [3.8, 4) is 17.6 Å². The van der Waals surface area contributed by atoms with Gasteiger partial charge in [-0.25, -0.2) is 0 Å². The molecule has 1 aromatic carbocycles. The summed E-state index contributed by atoms with van der Waals surface area (Å²) in [6, 6.07) is 9.17. The third-order valence-corrected chi connectivity index (χ3v) is 6.31. The number of ketones is 1. The molecule has 0 atom stereocenters. The summed E-state index contributed by atoms with van der Waals surface area (Å²) in [4.78, 5) is 27.3. The average Bonchev–Trinajstić information content (AvgIpc) is 3.24. The summed E-state index contributed by atoms with van der Waals surface area (Å²) in [7, 11) is 0. The summed E-state index contributed by atoms with van der Waals surface area (Å²) in [5.74, 6) is 1.37. The minimum Gasteiger partial charge on any atom is -0.486 e. The van der Waals surface area contributed by atoms with Crippen LogP contribution in [0.2, 0.25) is 0 Å². The highest BCUT2D eigenvalue weighted by atomic mass is 32.1. The number of hydrogen-bond acceptors (Lipinski definition) is 7. The number of carbonyl (C=O) groups is 2. The molecule has 1 saturated heterocycles. The van der Waals surface area contributed by atoms with Crippen molar-refractivity contribution >= 4 is 28.0 Å². The number of carbonyl (C=O) groups excluding carboxylic acids is 2. The Hall–Kier alpha value is -2.89. The zero-order chi connectivity index (χ0) is 20.9. The smallest absolute Gasteiger partial charge is 0.226 e. The molecule has 0 spiro atoms. The van der Waals surface area contributed by atoms with Gasteiger partial charge < -0.3 is 19.7 Å². The number of amides is 1. The minimum absolute atomic E-state index is 0.0121. The van der Waals surface area contributed by atoms with Gasteiger partial charge in [0.25, 0.3) is 0 Å². The Morgan fingerprint density at radius 3 is 2.70 bits per heavy atom. The quantitative estimate of drug-likeness (QED) is 0.714. The first kappa shape index (κ1) is 20.4. The maximum atomic E-state index is 12.9. The molecule has 1 aromatic heterocycles. The van der Waals surface area contributed by atoms with Gasteiger partial charge in [0, 0.05) is 24.4 Å². The number of hydrogen-bond donors (Lipinski definition) is 1. The summed E-state index contributed by atoms with van der Waals surface area (Å²) in [6.07, 6.45) is 1.92. The Bertz CT molecular complexity index is 973. The number of Topliss-reactive ketones (excluding diaryl/α,β-unsaturated/α-hetero) is 1. The van der Waals surface area contributed by atoms with Crippen LogP contribution in [0.25, 0.3) is 0 Å². The van der Waals surface area contributed by atoms with Crippen molar-refractivity contribution in [1.29, 1.82) is 5.26 Å². The maximum Gasteiger partial charge on any atom is 0.226 e. The Morgan fingerprint density at radius 1 is 1.17 bits per heavy atom. The standard InChI is InChI=1S/C22H23N3O4S/c23-14-17-6-12-30-22(17)24-20(26)5-9-25-7-3-15(4-8-25)21(27)16-1-2-18-19(13-16)29-11-10-28-18/h1-2,6,12-13,15H,3-5,7-11H2,(H,24,26). The second kappa shape index (κ2) is 9.28. The van der Waals surface area contributed by atoms with Crippen molar-refractivity contribution < 1.29 is 19.1 Å². The van der Waals surface area contributed by atoms with Crippen molar-refractivity contribution in [2.75, 3.05) is 38.2 Å². The molecule has 30 heavy (non-hydrogen) atoms. The van der Waals surface area contributed by atoms with Gasteiger partial charge in [-0.1, -0.05) is 0 Å². The van der Waals surface area contributed by atoms with E-state index in [1.54, 1.807) is 23.6 Å². The van der Waals surface area contributed by atoms with Crippen LogP contribution in [0, 0.1) is 17.2 Å². The average molecular weight is 426 g/mol. The van der Waals surface area contributed by atoms with Crippen LogP contribution in [0.5, 0.6) is 11.5 Å². The van der Waals surface area contributed by atoms with Crippen molar-refractivity contribution in [3.05, 3.63) is 40.8 Å². The molecular weight excluding hydrogens is 402 g/mol. The zero-order valence-electron chi connectivity index (χ0n) is 16.6. The van der Waals surface area contributed by atoms with Gasteiger partial charge in [0.1, 0.15) is 24.3 Å². The molecule has 0 unspecified atom stereocenters. The molecule has 0 saturated carbocycles. The molecule has 8 heteroatoms. The van der Waals surface area contributed by atoms with Crippen LogP contribution in [0.3, 0.4) is 0 Å². The lowest BCUT2D eigenvalue weighted by Crippen LogP contribution is -2.38. The first-order valence-electron chi connectivity index (χ1n) is 10.1. The number of anilines is 1. The Kier molecular flexibility index (Phi) is 6.31. The molecule has 0 bridgehead atoms. The molecule has 1 fully saturated rings. The number of benzene rings is 1. The van der Waals surface area contributed by atoms with Crippen LogP contribution in [-0.4, -0.2) is 49.4 Å². The van der Waals surface area contributed by atoms with E-state index in [-0.39, 0.29) is 17.6 Å². The fraction of sp³-hybridized carbons (Fsp3) is 0.409. The summed E-state index contributed by atoms with van der Waals surface area (Å²) in [5.41, 5.74) is 1.16. The van der Waals surface area contributed by atoms with Gasteiger partial charge in [-0.15, -0.1) is 11.3 Å². The molecule has 4 rings (SSSR count). The van der Waals surface area contributed by atoms with Crippen LogP contribution >= 0.6 is 11.3 Å². The van der Waals surface area contributed by atoms with E-state index in [9.17, 15) is 9.59 Å². The van der Waals surface area contributed by atoms with Crippen molar-refractivity contribution in [2.24, 2.45) is 5.92 Å². The van der Waals surface area contributed by atoms with Crippen LogP contribution in [0.15, 0.2) is 29.6 Å². The maximum absolute atomic E-state index is 12.9. The molecule has 0 radical (unpaired) electrons. The predicted octanol–water partition coefficient (Wildman–Crippen LogP) is 3.31. The van der Waals surface area contributed by atoms with Gasteiger partial charge in [0.2, 0.25) is 5.91 Å². The van der Waals surface area contributed by atoms with E-state index >= 15 is 0 Å². The highest BCUT2D eigenvalue weighted by Crippen LogP contribution is 2.32. The highest BCUT2D eigenvalue weighted by Gasteiger charge is 2.27. The fourth-order valence-electron chi connectivity index (χ4n) is 3.79. The first-order chi connectivity index (χ1) is 14.6. The molecule has 3 heterocycles. The molecule has 2 aliphatic heterocycles. The molecule has 2 aliphatic rings. The number of nitriles is 1. The van der Waals surface area contributed by atoms with Crippen molar-refractivity contribution in [1.82, 2.24) is 4.90 Å². The highest BCUT2D eigenvalue weighted by molar-refractivity contribution is 7.14. The number of rotatable bonds is 6. The number of fused-ring (bicyclic) bond motifs is 1. The molecule has 156 valence electrons. The topological polar surface area (TPSA) is 91.7 Å². The lowest BCUT2D eigenvalue weighted by atomic mass is 9.88. The predicted molar refractivity (Wildman–Crippen MR) is 113 cm³/mol. The van der Waals surface area contributed by atoms with Crippen LogP contribution in [0.4, 0.5) is 5.00 Å². The van der Waals surface area contributed by atoms with Crippen LogP contribution in [0.1, 0.15) is 35.2 Å². The van der Waals surface area contributed by atoms with E-state index < -0.39 is 0 Å². The van der Waals surface area contributed by atoms with E-state index in [1.807, 2.05) is 6.07 Å². The number of nitrogens with zero attached hydrogens (tertiary/aromatic N) is 2. The van der Waals surface area contributed by atoms with Gasteiger partial charge in [-0.2, -0.15) is 5.26 Å². The summed E-state index contributed by atoms with van der Waals surface area (Å²) in [6.45, 7) is 3.25. The lowest BCUT2D eigenvalue weighted by molar-refractivity contribution is -0.116. The molecular formula is C22H23N3O4S. The zero-order valence-corrected chi connectivity index (χ0v) is 17.4. The van der Waals surface area contributed by atoms with Gasteiger partial charge in [-0.3, -0.25) is 9.59 Å². The third-order valence-electron chi connectivity index (χ3n) is 5.48.